The predicted molar refractivity (Wildman–Crippen MR) is 51.6 cm³/mol. The lowest BCUT2D eigenvalue weighted by atomic mass is 10.3. The molecule has 1 aromatic rings. The average Bonchev–Trinajstić information content (AvgIpc) is 2.26. The van der Waals surface area contributed by atoms with E-state index in [0.29, 0.717) is 0 Å². The number of alkyl halides is 3. The van der Waals surface area contributed by atoms with E-state index in [1.54, 1.807) is 18.2 Å². The Kier molecular flexibility index (Phi) is 4.06. The number of nitrogens with zero attached hydrogens (tertiary/aromatic N) is 1. The van der Waals surface area contributed by atoms with Gasteiger partial charge in [0.25, 0.3) is 5.91 Å². The van der Waals surface area contributed by atoms with Gasteiger partial charge in [0.2, 0.25) is 6.10 Å². The standard InChI is InChI=1S/C10H7F3N2O2/c11-10(12,13)17-8(6-14)9(16)15-7-4-2-1-3-5-7/h1-5,8H,(H,15,16). The van der Waals surface area contributed by atoms with Crippen molar-refractivity contribution in [3.8, 4) is 6.07 Å². The third kappa shape index (κ3) is 4.53. The highest BCUT2D eigenvalue weighted by Gasteiger charge is 2.36. The molecule has 1 N–H and O–H groups in total. The highest BCUT2D eigenvalue weighted by molar-refractivity contribution is 5.95. The summed E-state index contributed by atoms with van der Waals surface area (Å²) in [5.41, 5.74) is 0.281. The first-order valence-corrected chi connectivity index (χ1v) is 4.42. The van der Waals surface area contributed by atoms with E-state index >= 15 is 0 Å². The zero-order valence-corrected chi connectivity index (χ0v) is 8.36. The lowest BCUT2D eigenvalue weighted by Crippen LogP contribution is -2.34. The van der Waals surface area contributed by atoms with Crippen LogP contribution < -0.4 is 5.32 Å². The topological polar surface area (TPSA) is 62.1 Å². The molecule has 0 radical (unpaired) electrons. The van der Waals surface area contributed by atoms with Crippen LogP contribution >= 0.6 is 0 Å². The van der Waals surface area contributed by atoms with Crippen molar-refractivity contribution in [2.24, 2.45) is 0 Å². The number of carbonyl (C=O) groups excluding carboxylic acids is 1. The Hall–Kier alpha value is -2.07. The zero-order chi connectivity index (χ0) is 12.9. The van der Waals surface area contributed by atoms with Gasteiger partial charge in [-0.25, -0.2) is 0 Å². The smallest absolute Gasteiger partial charge is 0.323 e. The highest BCUT2D eigenvalue weighted by Crippen LogP contribution is 2.19. The number of benzene rings is 1. The van der Waals surface area contributed by atoms with Crippen LogP contribution in [0.4, 0.5) is 18.9 Å². The molecule has 4 nitrogen and oxygen atoms in total. The molecule has 0 aromatic heterocycles. The van der Waals surface area contributed by atoms with Gasteiger partial charge < -0.3 is 5.32 Å². The van der Waals surface area contributed by atoms with Crippen LogP contribution in [0.3, 0.4) is 0 Å². The van der Waals surface area contributed by atoms with Gasteiger partial charge in [0.05, 0.1) is 0 Å². The number of nitrogens with one attached hydrogen (secondary N) is 1. The molecule has 1 atom stereocenters. The Morgan fingerprint density at radius 3 is 2.41 bits per heavy atom. The molecule has 1 amide bonds. The van der Waals surface area contributed by atoms with Crippen LogP contribution in [0.2, 0.25) is 0 Å². The van der Waals surface area contributed by atoms with Crippen molar-refractivity contribution in [1.82, 2.24) is 0 Å². The second-order valence-electron chi connectivity index (χ2n) is 2.93. The van der Waals surface area contributed by atoms with Gasteiger partial charge in [0, 0.05) is 5.69 Å². The van der Waals surface area contributed by atoms with E-state index in [0.717, 1.165) is 6.07 Å². The van der Waals surface area contributed by atoms with Crippen molar-refractivity contribution in [3.63, 3.8) is 0 Å². The fourth-order valence-electron chi connectivity index (χ4n) is 1.00. The van der Waals surface area contributed by atoms with Crippen LogP contribution in [0.25, 0.3) is 0 Å². The first kappa shape index (κ1) is 13.0. The Balaban J connectivity index is 2.66. The van der Waals surface area contributed by atoms with E-state index in [9.17, 15) is 18.0 Å². The third-order valence-corrected chi connectivity index (χ3v) is 1.65. The molecule has 0 aliphatic carbocycles. The summed E-state index contributed by atoms with van der Waals surface area (Å²) >= 11 is 0. The van der Waals surface area contributed by atoms with Crippen LogP contribution in [0.15, 0.2) is 30.3 Å². The van der Waals surface area contributed by atoms with Crippen LogP contribution in [-0.4, -0.2) is 18.4 Å². The molecule has 0 bridgehead atoms. The van der Waals surface area contributed by atoms with Crippen LogP contribution in [0.5, 0.6) is 0 Å². The van der Waals surface area contributed by atoms with Crippen molar-refractivity contribution in [1.29, 1.82) is 5.26 Å². The molecule has 0 saturated carbocycles. The largest absolute Gasteiger partial charge is 0.524 e. The Morgan fingerprint density at radius 2 is 1.94 bits per heavy atom. The Labute approximate surface area is 94.6 Å². The van der Waals surface area contributed by atoms with E-state index in [4.69, 9.17) is 5.26 Å². The van der Waals surface area contributed by atoms with E-state index in [-0.39, 0.29) is 5.69 Å². The van der Waals surface area contributed by atoms with Crippen LogP contribution in [0.1, 0.15) is 0 Å². The summed E-state index contributed by atoms with van der Waals surface area (Å²) in [6, 6.07) is 8.91. The summed E-state index contributed by atoms with van der Waals surface area (Å²) in [4.78, 5) is 11.3. The van der Waals surface area contributed by atoms with Gasteiger partial charge in [-0.3, -0.25) is 9.53 Å². The molecule has 0 aliphatic rings. The number of ether oxygens (including phenoxy) is 1. The van der Waals surface area contributed by atoms with Crippen molar-refractivity contribution in [2.45, 2.75) is 12.5 Å². The number of carbonyl (C=O) groups is 1. The van der Waals surface area contributed by atoms with Crippen LogP contribution in [0, 0.1) is 11.3 Å². The molecule has 1 rings (SSSR count). The minimum Gasteiger partial charge on any atom is -0.323 e. The molecular weight excluding hydrogens is 237 g/mol. The molecule has 0 fully saturated rings. The Bertz CT molecular complexity index is 425. The van der Waals surface area contributed by atoms with E-state index < -0.39 is 18.4 Å². The molecule has 0 heterocycles. The molecule has 7 heteroatoms. The number of para-hydroxylation sites is 1. The van der Waals surface area contributed by atoms with Gasteiger partial charge in [-0.15, -0.1) is 13.2 Å². The Morgan fingerprint density at radius 1 is 1.35 bits per heavy atom. The van der Waals surface area contributed by atoms with Gasteiger partial charge in [-0.2, -0.15) is 5.26 Å². The quantitative estimate of drug-likeness (QED) is 0.885. The molecule has 17 heavy (non-hydrogen) atoms. The molecule has 0 spiro atoms. The summed E-state index contributed by atoms with van der Waals surface area (Å²) in [6.07, 6.45) is -7.26. The van der Waals surface area contributed by atoms with Gasteiger partial charge in [-0.05, 0) is 12.1 Å². The lowest BCUT2D eigenvalue weighted by molar-refractivity contribution is -0.330. The first-order valence-electron chi connectivity index (χ1n) is 4.42. The number of hydrogen-bond acceptors (Lipinski definition) is 3. The number of rotatable bonds is 3. The number of anilines is 1. The predicted octanol–water partition coefficient (Wildman–Crippen LogP) is 2.05. The first-order chi connectivity index (χ1) is 7.92. The number of amides is 1. The van der Waals surface area contributed by atoms with Gasteiger partial charge >= 0.3 is 6.36 Å². The fourth-order valence-corrected chi connectivity index (χ4v) is 1.00. The average molecular weight is 244 g/mol. The van der Waals surface area contributed by atoms with Crippen LogP contribution in [-0.2, 0) is 9.53 Å². The van der Waals surface area contributed by atoms with Crippen molar-refractivity contribution >= 4 is 11.6 Å². The maximum Gasteiger partial charge on any atom is 0.524 e. The van der Waals surface area contributed by atoms with E-state index in [2.05, 4.69) is 10.1 Å². The third-order valence-electron chi connectivity index (χ3n) is 1.65. The molecule has 0 saturated heterocycles. The van der Waals surface area contributed by atoms with Gasteiger partial charge in [0.1, 0.15) is 6.07 Å². The summed E-state index contributed by atoms with van der Waals surface area (Å²) in [6.45, 7) is 0. The molecule has 1 aromatic carbocycles. The second-order valence-corrected chi connectivity index (χ2v) is 2.93. The van der Waals surface area contributed by atoms with Crippen molar-refractivity contribution < 1.29 is 22.7 Å². The zero-order valence-electron chi connectivity index (χ0n) is 8.36. The fraction of sp³-hybridized carbons (Fsp3) is 0.200. The monoisotopic (exact) mass is 244 g/mol. The molecular formula is C10H7F3N2O2. The number of nitriles is 1. The van der Waals surface area contributed by atoms with Gasteiger partial charge in [0.15, 0.2) is 0 Å². The number of hydrogen-bond donors (Lipinski definition) is 1. The number of halogens is 3. The molecule has 1 unspecified atom stereocenters. The SMILES string of the molecule is N#CC(OC(F)(F)F)C(=O)Nc1ccccc1. The summed E-state index contributed by atoms with van der Waals surface area (Å²) < 4.78 is 38.9. The second kappa shape index (κ2) is 5.32. The van der Waals surface area contributed by atoms with Crippen molar-refractivity contribution in [2.75, 3.05) is 5.32 Å². The van der Waals surface area contributed by atoms with E-state index in [1.807, 2.05) is 0 Å². The maximum atomic E-state index is 11.8. The highest BCUT2D eigenvalue weighted by atomic mass is 19.4. The molecule has 0 aliphatic heterocycles. The lowest BCUT2D eigenvalue weighted by Gasteiger charge is -2.12. The summed E-state index contributed by atoms with van der Waals surface area (Å²) in [5, 5.41) is 10.5. The maximum absolute atomic E-state index is 11.8. The summed E-state index contributed by atoms with van der Waals surface area (Å²) in [5.74, 6) is -1.17. The normalized spacial score (nSPS) is 12.6. The van der Waals surface area contributed by atoms with Crippen molar-refractivity contribution in [3.05, 3.63) is 30.3 Å². The molecule has 90 valence electrons. The van der Waals surface area contributed by atoms with E-state index in [1.165, 1.54) is 12.1 Å². The minimum atomic E-state index is -5.03. The summed E-state index contributed by atoms with van der Waals surface area (Å²) in [7, 11) is 0. The van der Waals surface area contributed by atoms with Gasteiger partial charge in [-0.1, -0.05) is 18.2 Å². The minimum absolute atomic E-state index is 0.281.